The van der Waals surface area contributed by atoms with E-state index >= 15 is 0 Å². The molecule has 0 radical (unpaired) electrons. The van der Waals surface area contributed by atoms with Crippen molar-refractivity contribution >= 4 is 23.1 Å². The van der Waals surface area contributed by atoms with Crippen molar-refractivity contribution in [3.8, 4) is 11.8 Å². The molecule has 6 nitrogen and oxygen atoms in total. The maximum Gasteiger partial charge on any atom is 0.145 e. The smallest absolute Gasteiger partial charge is 0.145 e. The largest absolute Gasteiger partial charge is 0.384 e. The molecule has 0 aliphatic rings. The predicted molar refractivity (Wildman–Crippen MR) is 98.7 cm³/mol. The number of pyridine rings is 1. The Morgan fingerprint density at radius 1 is 1.27 bits per heavy atom. The van der Waals surface area contributed by atoms with E-state index < -0.39 is 0 Å². The van der Waals surface area contributed by atoms with E-state index in [4.69, 9.17) is 17.3 Å². The standard InChI is InChI=1S/C18H16ClFN6/c19-15-11-23-9-7-17(15)24-8-1-2-16-14(10-21)18(22)26(25-16)13-5-3-12(20)4-6-13/h3-7,9,11H,1-2,8,22H2,(H,23,24). The van der Waals surface area contributed by atoms with Gasteiger partial charge in [-0.1, -0.05) is 11.6 Å². The Morgan fingerprint density at radius 2 is 2.04 bits per heavy atom. The Hall–Kier alpha value is -3.11. The number of nitrogens with one attached hydrogen (secondary N) is 1. The maximum atomic E-state index is 13.1. The summed E-state index contributed by atoms with van der Waals surface area (Å²) in [4.78, 5) is 3.93. The van der Waals surface area contributed by atoms with Gasteiger partial charge in [0.05, 0.1) is 22.1 Å². The zero-order valence-corrected chi connectivity index (χ0v) is 14.5. The molecule has 0 saturated heterocycles. The fourth-order valence-corrected chi connectivity index (χ4v) is 2.74. The molecule has 3 aromatic rings. The average Bonchev–Trinajstić information content (AvgIpc) is 2.96. The molecule has 26 heavy (non-hydrogen) atoms. The van der Waals surface area contributed by atoms with Crippen molar-refractivity contribution in [3.05, 3.63) is 64.8 Å². The fourth-order valence-electron chi connectivity index (χ4n) is 2.55. The Kier molecular flexibility index (Phi) is 5.34. The molecule has 0 amide bonds. The zero-order valence-electron chi connectivity index (χ0n) is 13.8. The average molecular weight is 371 g/mol. The highest BCUT2D eigenvalue weighted by molar-refractivity contribution is 6.33. The summed E-state index contributed by atoms with van der Waals surface area (Å²) in [5, 5.41) is 17.6. The van der Waals surface area contributed by atoms with E-state index in [2.05, 4.69) is 21.5 Å². The van der Waals surface area contributed by atoms with Crippen LogP contribution in [0.4, 0.5) is 15.9 Å². The van der Waals surface area contributed by atoms with Crippen molar-refractivity contribution in [2.75, 3.05) is 17.6 Å². The van der Waals surface area contributed by atoms with Crippen molar-refractivity contribution in [2.45, 2.75) is 12.8 Å². The highest BCUT2D eigenvalue weighted by Crippen LogP contribution is 2.22. The number of nitriles is 1. The van der Waals surface area contributed by atoms with Crippen LogP contribution in [0.1, 0.15) is 17.7 Å². The van der Waals surface area contributed by atoms with E-state index in [-0.39, 0.29) is 11.6 Å². The highest BCUT2D eigenvalue weighted by atomic mass is 35.5. The van der Waals surface area contributed by atoms with Crippen molar-refractivity contribution in [2.24, 2.45) is 0 Å². The minimum atomic E-state index is -0.346. The number of aryl methyl sites for hydroxylation is 1. The monoisotopic (exact) mass is 370 g/mol. The van der Waals surface area contributed by atoms with Gasteiger partial charge < -0.3 is 11.1 Å². The van der Waals surface area contributed by atoms with E-state index in [1.54, 1.807) is 30.6 Å². The summed E-state index contributed by atoms with van der Waals surface area (Å²) in [7, 11) is 0. The second-order valence-electron chi connectivity index (χ2n) is 5.59. The number of anilines is 2. The van der Waals surface area contributed by atoms with Crippen LogP contribution in [0.2, 0.25) is 5.02 Å². The van der Waals surface area contributed by atoms with Gasteiger partial charge in [-0.15, -0.1) is 0 Å². The van der Waals surface area contributed by atoms with Crippen LogP contribution in [0.3, 0.4) is 0 Å². The lowest BCUT2D eigenvalue weighted by Crippen LogP contribution is -2.05. The second-order valence-corrected chi connectivity index (χ2v) is 6.00. The van der Waals surface area contributed by atoms with Gasteiger partial charge in [0.15, 0.2) is 0 Å². The molecule has 0 spiro atoms. The van der Waals surface area contributed by atoms with Crippen LogP contribution in [-0.2, 0) is 6.42 Å². The molecule has 0 unspecified atom stereocenters. The Morgan fingerprint density at radius 3 is 2.73 bits per heavy atom. The maximum absolute atomic E-state index is 13.1. The second kappa shape index (κ2) is 7.85. The number of nitrogens with two attached hydrogens (primary N) is 1. The molecule has 0 bridgehead atoms. The summed E-state index contributed by atoms with van der Waals surface area (Å²) in [6.45, 7) is 0.651. The molecule has 3 N–H and O–H groups in total. The van der Waals surface area contributed by atoms with Crippen LogP contribution in [0.25, 0.3) is 5.69 Å². The third-order valence-corrected chi connectivity index (χ3v) is 4.16. The molecular weight excluding hydrogens is 355 g/mol. The molecule has 2 aromatic heterocycles. The lowest BCUT2D eigenvalue weighted by atomic mass is 10.1. The number of halogens is 2. The van der Waals surface area contributed by atoms with Crippen molar-refractivity contribution < 1.29 is 4.39 Å². The van der Waals surface area contributed by atoms with E-state index in [0.29, 0.717) is 34.9 Å². The molecular formula is C18H16ClFN6. The van der Waals surface area contributed by atoms with Crippen molar-refractivity contribution in [3.63, 3.8) is 0 Å². The van der Waals surface area contributed by atoms with Crippen LogP contribution in [0, 0.1) is 17.1 Å². The molecule has 0 fully saturated rings. The van der Waals surface area contributed by atoms with Crippen LogP contribution >= 0.6 is 11.6 Å². The quantitative estimate of drug-likeness (QED) is 0.647. The van der Waals surface area contributed by atoms with Crippen LogP contribution < -0.4 is 11.1 Å². The minimum absolute atomic E-state index is 0.249. The van der Waals surface area contributed by atoms with Gasteiger partial charge in [-0.25, -0.2) is 9.07 Å². The van der Waals surface area contributed by atoms with Gasteiger partial charge in [0.2, 0.25) is 0 Å². The third kappa shape index (κ3) is 3.76. The SMILES string of the molecule is N#Cc1c(CCCNc2ccncc2Cl)nn(-c2ccc(F)cc2)c1N. The molecule has 3 rings (SSSR count). The first-order chi connectivity index (χ1) is 12.6. The summed E-state index contributed by atoms with van der Waals surface area (Å²) in [5.41, 5.74) is 8.41. The van der Waals surface area contributed by atoms with Gasteiger partial charge in [-0.05, 0) is 43.2 Å². The zero-order chi connectivity index (χ0) is 18.5. The number of nitrogen functional groups attached to an aromatic ring is 1. The lowest BCUT2D eigenvalue weighted by Gasteiger charge is -2.06. The van der Waals surface area contributed by atoms with E-state index in [1.807, 2.05) is 0 Å². The molecule has 132 valence electrons. The first-order valence-electron chi connectivity index (χ1n) is 7.97. The van der Waals surface area contributed by atoms with Gasteiger partial charge in [0, 0.05) is 18.9 Å². The number of benzene rings is 1. The summed E-state index contributed by atoms with van der Waals surface area (Å²) in [6, 6.07) is 9.68. The van der Waals surface area contributed by atoms with Crippen molar-refractivity contribution in [1.29, 1.82) is 5.26 Å². The molecule has 8 heteroatoms. The van der Waals surface area contributed by atoms with Gasteiger partial charge in [0.1, 0.15) is 23.3 Å². The lowest BCUT2D eigenvalue weighted by molar-refractivity contribution is 0.627. The minimum Gasteiger partial charge on any atom is -0.384 e. The Labute approximate surface area is 155 Å². The Bertz CT molecular complexity index is 945. The number of hydrogen-bond donors (Lipinski definition) is 2. The number of hydrogen-bond acceptors (Lipinski definition) is 5. The molecule has 0 atom stereocenters. The van der Waals surface area contributed by atoms with Gasteiger partial charge >= 0.3 is 0 Å². The molecule has 1 aromatic carbocycles. The summed E-state index contributed by atoms with van der Waals surface area (Å²) < 4.78 is 14.6. The van der Waals surface area contributed by atoms with Crippen LogP contribution in [0.15, 0.2) is 42.7 Å². The molecule has 2 heterocycles. The van der Waals surface area contributed by atoms with Crippen molar-refractivity contribution in [1.82, 2.24) is 14.8 Å². The van der Waals surface area contributed by atoms with E-state index in [9.17, 15) is 9.65 Å². The number of aromatic nitrogens is 3. The third-order valence-electron chi connectivity index (χ3n) is 3.85. The normalized spacial score (nSPS) is 10.5. The molecule has 0 saturated carbocycles. The van der Waals surface area contributed by atoms with Crippen LogP contribution in [-0.4, -0.2) is 21.3 Å². The van der Waals surface area contributed by atoms with E-state index in [0.717, 1.165) is 12.1 Å². The first kappa shape index (κ1) is 17.7. The summed E-state index contributed by atoms with van der Waals surface area (Å²) in [5.74, 6) is -0.0969. The summed E-state index contributed by atoms with van der Waals surface area (Å²) in [6.07, 6.45) is 4.53. The molecule has 0 aliphatic carbocycles. The highest BCUT2D eigenvalue weighted by Gasteiger charge is 2.16. The van der Waals surface area contributed by atoms with Crippen LogP contribution in [0.5, 0.6) is 0 Å². The van der Waals surface area contributed by atoms with E-state index in [1.165, 1.54) is 16.8 Å². The molecule has 0 aliphatic heterocycles. The van der Waals surface area contributed by atoms with Gasteiger partial charge in [-0.3, -0.25) is 4.98 Å². The topological polar surface area (TPSA) is 92.5 Å². The first-order valence-corrected chi connectivity index (χ1v) is 8.34. The number of nitrogens with zero attached hydrogens (tertiary/aromatic N) is 4. The Balaban J connectivity index is 1.70. The predicted octanol–water partition coefficient (Wildman–Crippen LogP) is 3.56. The summed E-state index contributed by atoms with van der Waals surface area (Å²) >= 11 is 6.04. The fraction of sp³-hybridized carbons (Fsp3) is 0.167. The van der Waals surface area contributed by atoms with Gasteiger partial charge in [0.25, 0.3) is 0 Å². The number of rotatable bonds is 6. The van der Waals surface area contributed by atoms with Gasteiger partial charge in [-0.2, -0.15) is 10.4 Å².